The highest BCUT2D eigenvalue weighted by Gasteiger charge is 2.24. The molecule has 0 bridgehead atoms. The quantitative estimate of drug-likeness (QED) is 0.0834. The van der Waals surface area contributed by atoms with Crippen LogP contribution in [0.3, 0.4) is 0 Å². The summed E-state index contributed by atoms with van der Waals surface area (Å²) >= 11 is 0. The summed E-state index contributed by atoms with van der Waals surface area (Å²) in [5.41, 5.74) is 10.4. The Kier molecular flexibility index (Phi) is 11.9. The highest BCUT2D eigenvalue weighted by molar-refractivity contribution is 7.88. The maximum atomic E-state index is 5.48. The second kappa shape index (κ2) is 17.4. The van der Waals surface area contributed by atoms with E-state index >= 15 is 0 Å². The van der Waals surface area contributed by atoms with Gasteiger partial charge in [-0.25, -0.2) is 9.98 Å². The van der Waals surface area contributed by atoms with Gasteiger partial charge in [0, 0.05) is 27.2 Å². The molecule has 0 unspecified atom stereocenters. The van der Waals surface area contributed by atoms with Crippen LogP contribution in [0.5, 0.6) is 0 Å². The van der Waals surface area contributed by atoms with Crippen molar-refractivity contribution in [3.05, 3.63) is 204 Å². The van der Waals surface area contributed by atoms with Crippen LogP contribution in [0, 0.1) is 27.7 Å². The molecular formula is C48H44N4P2. The van der Waals surface area contributed by atoms with Crippen LogP contribution in [0.2, 0.25) is 0 Å². The number of nitrogens with one attached hydrogen (secondary N) is 2. The number of amidine groups is 2. The second-order valence-electron chi connectivity index (χ2n) is 13.2. The number of anilines is 2. The third-order valence-corrected chi connectivity index (χ3v) is 13.7. The second-order valence-corrected chi connectivity index (χ2v) is 17.4. The van der Waals surface area contributed by atoms with Crippen molar-refractivity contribution in [3.8, 4) is 0 Å². The Balaban J connectivity index is 1.40. The van der Waals surface area contributed by atoms with Gasteiger partial charge < -0.3 is 10.6 Å². The third kappa shape index (κ3) is 8.75. The van der Waals surface area contributed by atoms with Crippen LogP contribution in [0.25, 0.3) is 0 Å². The topological polar surface area (TPSA) is 48.8 Å². The summed E-state index contributed by atoms with van der Waals surface area (Å²) < 4.78 is 0. The molecule has 7 aromatic carbocycles. The Hall–Kier alpha value is -5.66. The summed E-state index contributed by atoms with van der Waals surface area (Å²) in [4.78, 5) is 11.0. The standard InChI is InChI=1S/C48H44N4P2/c1-35-20-17-21-36(2)45(35)51-47(53(41-26-9-5-10-27-41)42-28-11-6-12-29-42)49-39-24-19-25-40(34-39)50-48(52-46-37(3)22-18-23-38(46)4)54(43-30-13-7-14-31-43)44-32-15-8-16-33-44/h5-34H,1-4H3,(H,49,51)(H,50,52). The van der Waals surface area contributed by atoms with E-state index in [-0.39, 0.29) is 0 Å². The predicted octanol–water partition coefficient (Wildman–Crippen LogP) is 11.4. The van der Waals surface area contributed by atoms with Crippen molar-refractivity contribution in [1.82, 2.24) is 0 Å². The number of aryl methyl sites for hydroxylation is 4. The minimum absolute atomic E-state index is 0.833. The number of benzene rings is 7. The van der Waals surface area contributed by atoms with Gasteiger partial charge in [-0.3, -0.25) is 0 Å². The zero-order chi connectivity index (χ0) is 37.3. The van der Waals surface area contributed by atoms with Gasteiger partial charge in [0.15, 0.2) is 0 Å². The van der Waals surface area contributed by atoms with E-state index in [1.165, 1.54) is 43.5 Å². The van der Waals surface area contributed by atoms with Crippen LogP contribution in [-0.2, 0) is 0 Å². The van der Waals surface area contributed by atoms with E-state index < -0.39 is 15.8 Å². The number of para-hydroxylation sites is 2. The summed E-state index contributed by atoms with van der Waals surface area (Å²) in [5, 5.41) is 12.6. The van der Waals surface area contributed by atoms with Gasteiger partial charge in [0.2, 0.25) is 0 Å². The van der Waals surface area contributed by atoms with E-state index in [2.05, 4.69) is 220 Å². The van der Waals surface area contributed by atoms with E-state index in [1.54, 1.807) is 0 Å². The van der Waals surface area contributed by atoms with E-state index in [0.29, 0.717) is 0 Å². The first-order valence-corrected chi connectivity index (χ1v) is 20.9. The third-order valence-electron chi connectivity index (χ3n) is 9.22. The van der Waals surface area contributed by atoms with E-state index in [4.69, 9.17) is 9.98 Å². The highest BCUT2D eigenvalue weighted by atomic mass is 31.1. The molecule has 0 aliphatic carbocycles. The Morgan fingerprint density at radius 2 is 0.630 bits per heavy atom. The van der Waals surface area contributed by atoms with Crippen molar-refractivity contribution < 1.29 is 0 Å². The van der Waals surface area contributed by atoms with Gasteiger partial charge in [-0.15, -0.1) is 0 Å². The lowest BCUT2D eigenvalue weighted by Crippen LogP contribution is -2.24. The van der Waals surface area contributed by atoms with E-state index in [1.807, 2.05) is 0 Å². The monoisotopic (exact) mass is 738 g/mol. The summed E-state index contributed by atoms with van der Waals surface area (Å²) in [5.74, 6) is 0. The summed E-state index contributed by atoms with van der Waals surface area (Å²) in [6.07, 6.45) is 0. The number of hydrogen-bond acceptors (Lipinski definition) is 2. The van der Waals surface area contributed by atoms with Crippen molar-refractivity contribution in [2.75, 3.05) is 10.6 Å². The summed E-state index contributed by atoms with van der Waals surface area (Å²) in [6, 6.07) is 64.0. The van der Waals surface area contributed by atoms with Crippen molar-refractivity contribution in [2.45, 2.75) is 27.7 Å². The lowest BCUT2D eigenvalue weighted by molar-refractivity contribution is 1.37. The summed E-state index contributed by atoms with van der Waals surface area (Å²) in [6.45, 7) is 8.60. The molecule has 0 aromatic heterocycles. The zero-order valence-corrected chi connectivity index (χ0v) is 32.9. The SMILES string of the molecule is Cc1cccc(C)c1NC(=Nc1cccc(N=C(Nc2c(C)cccc2C)P(c2ccccc2)c2ccccc2)c1)P(c1ccccc1)c1ccccc1. The molecule has 0 saturated heterocycles. The Labute approximate surface area is 322 Å². The molecule has 6 heteroatoms. The highest BCUT2D eigenvalue weighted by Crippen LogP contribution is 2.41. The smallest absolute Gasteiger partial charge is 0.138 e. The zero-order valence-electron chi connectivity index (χ0n) is 31.1. The van der Waals surface area contributed by atoms with Gasteiger partial charge >= 0.3 is 0 Å². The first-order valence-electron chi connectivity index (χ1n) is 18.2. The van der Waals surface area contributed by atoms with Gasteiger partial charge in [-0.1, -0.05) is 164 Å². The van der Waals surface area contributed by atoms with Crippen LogP contribution < -0.4 is 31.9 Å². The molecule has 0 amide bonds. The van der Waals surface area contributed by atoms with Crippen LogP contribution in [0.4, 0.5) is 22.7 Å². The number of aliphatic imine (C=N–C) groups is 2. The fraction of sp³-hybridized carbons (Fsp3) is 0.0833. The molecule has 0 atom stereocenters. The fourth-order valence-corrected chi connectivity index (χ4v) is 10.8. The van der Waals surface area contributed by atoms with Crippen LogP contribution in [0.1, 0.15) is 22.3 Å². The molecule has 7 aromatic rings. The molecule has 0 radical (unpaired) electrons. The first kappa shape index (κ1) is 36.7. The lowest BCUT2D eigenvalue weighted by atomic mass is 10.1. The molecule has 0 aliphatic heterocycles. The molecule has 266 valence electrons. The van der Waals surface area contributed by atoms with Gasteiger partial charge in [-0.2, -0.15) is 0 Å². The largest absolute Gasteiger partial charge is 0.339 e. The van der Waals surface area contributed by atoms with Gasteiger partial charge in [0.05, 0.1) is 11.4 Å². The van der Waals surface area contributed by atoms with Crippen LogP contribution in [-0.4, -0.2) is 11.2 Å². The Bertz CT molecular complexity index is 2090. The maximum absolute atomic E-state index is 5.48. The van der Waals surface area contributed by atoms with E-state index in [0.717, 1.165) is 33.9 Å². The molecular weight excluding hydrogens is 695 g/mol. The molecule has 0 spiro atoms. The molecule has 4 nitrogen and oxygen atoms in total. The molecule has 2 N–H and O–H groups in total. The van der Waals surface area contributed by atoms with Gasteiger partial charge in [0.25, 0.3) is 0 Å². The molecule has 0 aliphatic rings. The van der Waals surface area contributed by atoms with Crippen molar-refractivity contribution >= 4 is 71.0 Å². The Morgan fingerprint density at radius 3 is 0.926 bits per heavy atom. The number of hydrogen-bond donors (Lipinski definition) is 2. The molecule has 0 heterocycles. The van der Waals surface area contributed by atoms with Crippen LogP contribution >= 0.6 is 15.8 Å². The Morgan fingerprint density at radius 1 is 0.352 bits per heavy atom. The average molecular weight is 739 g/mol. The van der Waals surface area contributed by atoms with Gasteiger partial charge in [-0.05, 0) is 89.4 Å². The normalized spacial score (nSPS) is 11.9. The van der Waals surface area contributed by atoms with Crippen molar-refractivity contribution in [1.29, 1.82) is 0 Å². The molecule has 0 saturated carbocycles. The van der Waals surface area contributed by atoms with Crippen LogP contribution in [0.15, 0.2) is 192 Å². The number of rotatable bonds is 10. The maximum Gasteiger partial charge on any atom is 0.138 e. The predicted molar refractivity (Wildman–Crippen MR) is 238 cm³/mol. The summed E-state index contributed by atoms with van der Waals surface area (Å²) in [7, 11) is -2.06. The fourth-order valence-electron chi connectivity index (χ4n) is 6.49. The minimum Gasteiger partial charge on any atom is -0.339 e. The van der Waals surface area contributed by atoms with Crippen molar-refractivity contribution in [2.24, 2.45) is 9.98 Å². The first-order chi connectivity index (χ1) is 26.4. The number of nitrogens with zero attached hydrogens (tertiary/aromatic N) is 2. The minimum atomic E-state index is -1.03. The lowest BCUT2D eigenvalue weighted by Gasteiger charge is -2.24. The molecule has 7 rings (SSSR count). The van der Waals surface area contributed by atoms with E-state index in [9.17, 15) is 0 Å². The molecule has 0 fully saturated rings. The molecule has 54 heavy (non-hydrogen) atoms. The average Bonchev–Trinajstić information content (AvgIpc) is 3.20. The van der Waals surface area contributed by atoms with Gasteiger partial charge in [0.1, 0.15) is 11.2 Å². The van der Waals surface area contributed by atoms with Crippen molar-refractivity contribution in [3.63, 3.8) is 0 Å².